The quantitative estimate of drug-likeness (QED) is 0.664. The highest BCUT2D eigenvalue weighted by Crippen LogP contribution is 2.34. The van der Waals surface area contributed by atoms with E-state index in [-0.39, 0.29) is 11.3 Å². The van der Waals surface area contributed by atoms with Crippen LogP contribution in [0.4, 0.5) is 0 Å². The predicted molar refractivity (Wildman–Crippen MR) is 108 cm³/mol. The fourth-order valence-corrected chi connectivity index (χ4v) is 3.95. The van der Waals surface area contributed by atoms with Gasteiger partial charge in [0.1, 0.15) is 11.5 Å². The first-order valence-corrected chi connectivity index (χ1v) is 9.83. The number of amides is 1. The maximum atomic E-state index is 12.8. The fourth-order valence-electron chi connectivity index (χ4n) is 3.95. The number of aromatic nitrogens is 3. The summed E-state index contributed by atoms with van der Waals surface area (Å²) in [5.41, 5.74) is 1.42. The van der Waals surface area contributed by atoms with Gasteiger partial charge in [0.05, 0.1) is 30.5 Å². The highest BCUT2D eigenvalue weighted by Gasteiger charge is 2.38. The van der Waals surface area contributed by atoms with Gasteiger partial charge in [-0.15, -0.1) is 0 Å². The first kappa shape index (κ1) is 19.2. The number of hydrogen-bond acceptors (Lipinski definition) is 5. The molecule has 7 heteroatoms. The van der Waals surface area contributed by atoms with Crippen LogP contribution in [0.3, 0.4) is 0 Å². The lowest BCUT2D eigenvalue weighted by Crippen LogP contribution is -2.47. The second kappa shape index (κ2) is 7.73. The molecule has 1 fully saturated rings. The summed E-state index contributed by atoms with van der Waals surface area (Å²) < 4.78 is 13.1. The maximum absolute atomic E-state index is 12.8. The molecule has 1 amide bonds. The summed E-state index contributed by atoms with van der Waals surface area (Å²) in [4.78, 5) is 19.3. The van der Waals surface area contributed by atoms with E-state index in [0.29, 0.717) is 24.4 Å². The number of benzene rings is 1. The van der Waals surface area contributed by atoms with Crippen molar-refractivity contribution in [3.63, 3.8) is 0 Å². The van der Waals surface area contributed by atoms with Crippen LogP contribution in [0.25, 0.3) is 0 Å². The summed E-state index contributed by atoms with van der Waals surface area (Å²) >= 11 is 0. The van der Waals surface area contributed by atoms with Gasteiger partial charge in [-0.1, -0.05) is 12.1 Å². The van der Waals surface area contributed by atoms with Gasteiger partial charge in [0, 0.05) is 32.8 Å². The van der Waals surface area contributed by atoms with Crippen molar-refractivity contribution in [3.8, 4) is 5.75 Å². The number of ether oxygens (including phenoxy) is 1. The second-order valence-electron chi connectivity index (χ2n) is 7.95. The van der Waals surface area contributed by atoms with E-state index in [1.54, 1.807) is 30.4 Å². The molecule has 1 atom stereocenters. The molecule has 0 saturated carbocycles. The van der Waals surface area contributed by atoms with Gasteiger partial charge < -0.3 is 14.1 Å². The Balaban J connectivity index is 1.49. The Kier molecular flexibility index (Phi) is 5.13. The number of methoxy groups -OCH3 is 1. The molecule has 0 N–H and O–H groups in total. The van der Waals surface area contributed by atoms with Crippen molar-refractivity contribution in [1.82, 2.24) is 19.7 Å². The van der Waals surface area contributed by atoms with Crippen LogP contribution in [-0.4, -0.2) is 45.8 Å². The summed E-state index contributed by atoms with van der Waals surface area (Å²) in [5.74, 6) is 2.34. The second-order valence-corrected chi connectivity index (χ2v) is 7.95. The Morgan fingerprint density at radius 2 is 2.21 bits per heavy atom. The molecular weight excluding hydrogens is 368 g/mol. The summed E-state index contributed by atoms with van der Waals surface area (Å²) in [5, 5.41) is 4.11. The minimum atomic E-state index is -0.303. The molecule has 0 aliphatic carbocycles. The molecular formula is C22H26N4O3. The van der Waals surface area contributed by atoms with Crippen LogP contribution in [0, 0.1) is 0 Å². The molecule has 29 heavy (non-hydrogen) atoms. The van der Waals surface area contributed by atoms with Crippen molar-refractivity contribution in [1.29, 1.82) is 0 Å². The molecule has 1 aliphatic heterocycles. The van der Waals surface area contributed by atoms with Crippen LogP contribution in [-0.2, 0) is 18.9 Å². The number of carbonyl (C=O) groups is 1. The van der Waals surface area contributed by atoms with Crippen molar-refractivity contribution in [3.05, 3.63) is 65.6 Å². The Labute approximate surface area is 170 Å². The van der Waals surface area contributed by atoms with Crippen LogP contribution in [0.1, 0.15) is 47.3 Å². The first-order valence-electron chi connectivity index (χ1n) is 9.83. The van der Waals surface area contributed by atoms with Gasteiger partial charge in [-0.3, -0.25) is 9.48 Å². The monoisotopic (exact) mass is 394 g/mol. The van der Waals surface area contributed by atoms with Crippen LogP contribution in [0.2, 0.25) is 0 Å². The molecule has 1 saturated heterocycles. The van der Waals surface area contributed by atoms with E-state index < -0.39 is 0 Å². The average Bonchev–Trinajstić information content (AvgIpc) is 3.37. The summed E-state index contributed by atoms with van der Waals surface area (Å²) in [6.07, 6.45) is 7.66. The predicted octanol–water partition coefficient (Wildman–Crippen LogP) is 3.20. The van der Waals surface area contributed by atoms with Crippen LogP contribution in [0.15, 0.2) is 47.3 Å². The number of likely N-dealkylation sites (tertiary alicyclic amines) is 1. The van der Waals surface area contributed by atoms with Gasteiger partial charge >= 0.3 is 0 Å². The first-order chi connectivity index (χ1) is 14.0. The van der Waals surface area contributed by atoms with E-state index >= 15 is 0 Å². The number of rotatable bonds is 5. The van der Waals surface area contributed by atoms with E-state index in [9.17, 15) is 4.79 Å². The zero-order chi connectivity index (χ0) is 20.4. The largest absolute Gasteiger partial charge is 0.497 e. The summed E-state index contributed by atoms with van der Waals surface area (Å²) in [7, 11) is 3.47. The smallest absolute Gasteiger partial charge is 0.257 e. The van der Waals surface area contributed by atoms with Gasteiger partial charge in [0.2, 0.25) is 5.89 Å². The van der Waals surface area contributed by atoms with Crippen molar-refractivity contribution in [2.45, 2.75) is 31.6 Å². The molecule has 0 bridgehead atoms. The molecule has 3 aromatic rings. The van der Waals surface area contributed by atoms with E-state index in [0.717, 1.165) is 36.5 Å². The minimum absolute atomic E-state index is 0.00665. The number of oxazole rings is 1. The highest BCUT2D eigenvalue weighted by molar-refractivity contribution is 5.93. The molecule has 0 unspecified atom stereocenters. The maximum Gasteiger partial charge on any atom is 0.257 e. The van der Waals surface area contributed by atoms with Gasteiger partial charge in [-0.05, 0) is 37.5 Å². The number of nitrogens with zero attached hydrogens (tertiary/aromatic N) is 4. The Hall–Kier alpha value is -3.09. The topological polar surface area (TPSA) is 73.4 Å². The van der Waals surface area contributed by atoms with E-state index in [1.165, 1.54) is 0 Å². The van der Waals surface area contributed by atoms with Crippen molar-refractivity contribution in [2.75, 3.05) is 20.2 Å². The summed E-state index contributed by atoms with van der Waals surface area (Å²) in [6, 6.07) is 7.93. The normalized spacial score (nSPS) is 19.3. The lowest BCUT2D eigenvalue weighted by Gasteiger charge is -2.38. The third-order valence-corrected chi connectivity index (χ3v) is 5.52. The third-order valence-electron chi connectivity index (χ3n) is 5.52. The molecule has 2 aromatic heterocycles. The summed E-state index contributed by atoms with van der Waals surface area (Å²) in [6.45, 7) is 3.44. The molecule has 4 rings (SSSR count). The third kappa shape index (κ3) is 4.04. The molecule has 7 nitrogen and oxygen atoms in total. The van der Waals surface area contributed by atoms with Crippen molar-refractivity contribution < 1.29 is 13.9 Å². The highest BCUT2D eigenvalue weighted by atomic mass is 16.5. The Morgan fingerprint density at radius 1 is 1.34 bits per heavy atom. The van der Waals surface area contributed by atoms with Gasteiger partial charge in [-0.2, -0.15) is 5.10 Å². The molecule has 152 valence electrons. The van der Waals surface area contributed by atoms with Crippen molar-refractivity contribution in [2.24, 2.45) is 7.05 Å². The molecule has 3 heterocycles. The number of carbonyl (C=O) groups excluding carboxylic acids is 1. The van der Waals surface area contributed by atoms with E-state index in [2.05, 4.69) is 17.0 Å². The van der Waals surface area contributed by atoms with Gasteiger partial charge in [0.25, 0.3) is 5.91 Å². The van der Waals surface area contributed by atoms with Crippen molar-refractivity contribution >= 4 is 5.91 Å². The molecule has 0 radical (unpaired) electrons. The SMILES string of the molecule is COc1cccc(Cc2cnc([C@]3(C)CCCN(C(=O)c4cnn(C)c4)C3)o2)c1. The van der Waals surface area contributed by atoms with Crippen LogP contribution < -0.4 is 4.74 Å². The number of aryl methyl sites for hydroxylation is 1. The zero-order valence-electron chi connectivity index (χ0n) is 17.1. The average molecular weight is 394 g/mol. The Bertz CT molecular complexity index is 1010. The van der Waals surface area contributed by atoms with Crippen LogP contribution in [0.5, 0.6) is 5.75 Å². The zero-order valence-corrected chi connectivity index (χ0v) is 17.1. The minimum Gasteiger partial charge on any atom is -0.497 e. The standard InChI is InChI=1S/C22H26N4O3/c1-22(8-5-9-26(15-22)20(27)17-12-24-25(2)14-17)21-23-13-19(29-21)11-16-6-4-7-18(10-16)28-3/h4,6-7,10,12-14H,5,8-9,11,15H2,1-3H3/t22-/m1/s1. The number of piperidine rings is 1. The number of hydrogen-bond donors (Lipinski definition) is 0. The van der Waals surface area contributed by atoms with Gasteiger partial charge in [0.15, 0.2) is 0 Å². The van der Waals surface area contributed by atoms with E-state index in [1.807, 2.05) is 36.2 Å². The van der Waals surface area contributed by atoms with Crippen LogP contribution >= 0.6 is 0 Å². The fraction of sp³-hybridized carbons (Fsp3) is 0.409. The molecule has 1 aromatic carbocycles. The van der Waals surface area contributed by atoms with Gasteiger partial charge in [-0.25, -0.2) is 4.98 Å². The lowest BCUT2D eigenvalue weighted by atomic mass is 9.81. The molecule has 0 spiro atoms. The molecule has 1 aliphatic rings. The lowest BCUT2D eigenvalue weighted by molar-refractivity contribution is 0.0626. The van der Waals surface area contributed by atoms with E-state index in [4.69, 9.17) is 9.15 Å². The Morgan fingerprint density at radius 3 is 2.97 bits per heavy atom.